The quantitative estimate of drug-likeness (QED) is 0.826. The number of rotatable bonds is 5. The molecule has 0 aliphatic heterocycles. The molecule has 0 spiro atoms. The van der Waals surface area contributed by atoms with Crippen LogP contribution in [0.4, 0.5) is 0 Å². The highest BCUT2D eigenvalue weighted by Gasteiger charge is 2.08. The number of carbonyl (C=O) groups excluding carboxylic acids is 1. The van der Waals surface area contributed by atoms with E-state index >= 15 is 0 Å². The third kappa shape index (κ3) is 3.94. The minimum Gasteiger partial charge on any atom is -0.352 e. The zero-order valence-corrected chi connectivity index (χ0v) is 11.8. The summed E-state index contributed by atoms with van der Waals surface area (Å²) >= 11 is 0. The lowest BCUT2D eigenvalue weighted by atomic mass is 10.0. The molecule has 0 saturated carbocycles. The van der Waals surface area contributed by atoms with E-state index in [4.69, 9.17) is 0 Å². The first kappa shape index (κ1) is 15.5. The van der Waals surface area contributed by atoms with Crippen LogP contribution in [0, 0.1) is 0 Å². The zero-order chi connectivity index (χ0) is 12.8. The summed E-state index contributed by atoms with van der Waals surface area (Å²) < 4.78 is 0. The molecule has 2 aromatic carbocycles. The van der Waals surface area contributed by atoms with E-state index in [1.807, 2.05) is 49.5 Å². The topological polar surface area (TPSA) is 41.1 Å². The second kappa shape index (κ2) is 7.77. The molecule has 0 saturated heterocycles. The molecule has 3 nitrogen and oxygen atoms in total. The fourth-order valence-electron chi connectivity index (χ4n) is 1.99. The van der Waals surface area contributed by atoms with Gasteiger partial charge in [-0.1, -0.05) is 36.4 Å². The zero-order valence-electron chi connectivity index (χ0n) is 11.0. The van der Waals surface area contributed by atoms with Crippen molar-refractivity contribution in [3.05, 3.63) is 48.0 Å². The van der Waals surface area contributed by atoms with Crippen molar-refractivity contribution in [2.75, 3.05) is 20.1 Å². The molecule has 0 fully saturated rings. The van der Waals surface area contributed by atoms with Crippen LogP contribution in [0.15, 0.2) is 42.5 Å². The molecule has 0 radical (unpaired) electrons. The van der Waals surface area contributed by atoms with Crippen LogP contribution in [-0.2, 0) is 0 Å². The lowest BCUT2D eigenvalue weighted by molar-refractivity contribution is 0.0955. The number of carbonyl (C=O) groups is 1. The van der Waals surface area contributed by atoms with Crippen molar-refractivity contribution in [2.24, 2.45) is 0 Å². The predicted molar refractivity (Wildman–Crippen MR) is 82.1 cm³/mol. The molecule has 0 heterocycles. The first-order chi connectivity index (χ1) is 8.83. The SMILES string of the molecule is CNCCCNC(=O)c1cccc2ccccc12.Cl. The summed E-state index contributed by atoms with van der Waals surface area (Å²) in [5, 5.41) is 8.11. The van der Waals surface area contributed by atoms with Crippen LogP contribution in [0.25, 0.3) is 10.8 Å². The number of hydrogen-bond donors (Lipinski definition) is 2. The van der Waals surface area contributed by atoms with Crippen LogP contribution >= 0.6 is 12.4 Å². The molecule has 2 rings (SSSR count). The highest BCUT2D eigenvalue weighted by molar-refractivity contribution is 6.06. The second-order valence-electron chi connectivity index (χ2n) is 4.24. The third-order valence-electron chi connectivity index (χ3n) is 2.92. The average Bonchev–Trinajstić information content (AvgIpc) is 2.43. The molecule has 0 unspecified atom stereocenters. The minimum absolute atomic E-state index is 0. The van der Waals surface area contributed by atoms with Crippen LogP contribution < -0.4 is 10.6 Å². The predicted octanol–water partition coefficient (Wildman–Crippen LogP) is 2.60. The monoisotopic (exact) mass is 278 g/mol. The highest BCUT2D eigenvalue weighted by atomic mass is 35.5. The van der Waals surface area contributed by atoms with Crippen LogP contribution in [-0.4, -0.2) is 26.0 Å². The highest BCUT2D eigenvalue weighted by Crippen LogP contribution is 2.18. The van der Waals surface area contributed by atoms with Gasteiger partial charge in [0, 0.05) is 12.1 Å². The molecular formula is C15H19ClN2O. The Morgan fingerprint density at radius 2 is 1.79 bits per heavy atom. The Bertz CT molecular complexity index is 537. The van der Waals surface area contributed by atoms with Crippen molar-refractivity contribution < 1.29 is 4.79 Å². The summed E-state index contributed by atoms with van der Waals surface area (Å²) in [4.78, 5) is 12.1. The normalized spacial score (nSPS) is 9.95. The Hall–Kier alpha value is -1.58. The van der Waals surface area contributed by atoms with Gasteiger partial charge in [0.1, 0.15) is 0 Å². The molecule has 1 amide bonds. The van der Waals surface area contributed by atoms with Crippen molar-refractivity contribution >= 4 is 29.1 Å². The van der Waals surface area contributed by atoms with E-state index in [0.29, 0.717) is 6.54 Å². The van der Waals surface area contributed by atoms with Gasteiger partial charge in [-0.15, -0.1) is 12.4 Å². The number of amides is 1. The molecule has 0 aliphatic carbocycles. The van der Waals surface area contributed by atoms with Gasteiger partial charge in [0.15, 0.2) is 0 Å². The molecule has 2 aromatic rings. The van der Waals surface area contributed by atoms with Crippen LogP contribution in [0.2, 0.25) is 0 Å². The van der Waals surface area contributed by atoms with Gasteiger partial charge in [-0.05, 0) is 36.9 Å². The molecule has 4 heteroatoms. The van der Waals surface area contributed by atoms with Crippen molar-refractivity contribution in [3.63, 3.8) is 0 Å². The molecule has 2 N–H and O–H groups in total. The van der Waals surface area contributed by atoms with E-state index < -0.39 is 0 Å². The Morgan fingerprint density at radius 3 is 2.58 bits per heavy atom. The molecule has 102 valence electrons. The van der Waals surface area contributed by atoms with E-state index in [-0.39, 0.29) is 18.3 Å². The van der Waals surface area contributed by atoms with Gasteiger partial charge in [0.2, 0.25) is 0 Å². The van der Waals surface area contributed by atoms with Gasteiger partial charge < -0.3 is 10.6 Å². The van der Waals surface area contributed by atoms with Crippen molar-refractivity contribution in [3.8, 4) is 0 Å². The summed E-state index contributed by atoms with van der Waals surface area (Å²) in [6, 6.07) is 13.8. The molecular weight excluding hydrogens is 260 g/mol. The van der Waals surface area contributed by atoms with Crippen molar-refractivity contribution in [1.29, 1.82) is 0 Å². The summed E-state index contributed by atoms with van der Waals surface area (Å²) in [7, 11) is 1.91. The van der Waals surface area contributed by atoms with E-state index in [0.717, 1.165) is 29.3 Å². The Balaban J connectivity index is 0.00000180. The van der Waals surface area contributed by atoms with Crippen LogP contribution in [0.3, 0.4) is 0 Å². The number of nitrogens with one attached hydrogen (secondary N) is 2. The molecule has 0 bridgehead atoms. The third-order valence-corrected chi connectivity index (χ3v) is 2.92. The Kier molecular flexibility index (Phi) is 6.33. The average molecular weight is 279 g/mol. The maximum Gasteiger partial charge on any atom is 0.251 e. The van der Waals surface area contributed by atoms with E-state index in [9.17, 15) is 4.79 Å². The number of hydrogen-bond acceptors (Lipinski definition) is 2. The van der Waals surface area contributed by atoms with Gasteiger partial charge in [-0.3, -0.25) is 4.79 Å². The summed E-state index contributed by atoms with van der Waals surface area (Å²) in [5.74, 6) is 0.00269. The van der Waals surface area contributed by atoms with Gasteiger partial charge in [0.25, 0.3) is 5.91 Å². The maximum atomic E-state index is 12.1. The fourth-order valence-corrected chi connectivity index (χ4v) is 1.99. The standard InChI is InChI=1S/C15H18N2O.ClH/c1-16-10-5-11-17-15(18)14-9-4-7-12-6-2-3-8-13(12)14;/h2-4,6-9,16H,5,10-11H2,1H3,(H,17,18);1H. The summed E-state index contributed by atoms with van der Waals surface area (Å²) in [6.45, 7) is 1.61. The smallest absolute Gasteiger partial charge is 0.251 e. The van der Waals surface area contributed by atoms with Gasteiger partial charge >= 0.3 is 0 Å². The van der Waals surface area contributed by atoms with Gasteiger partial charge in [-0.2, -0.15) is 0 Å². The van der Waals surface area contributed by atoms with Gasteiger partial charge in [0.05, 0.1) is 0 Å². The number of halogens is 1. The van der Waals surface area contributed by atoms with Crippen LogP contribution in [0.5, 0.6) is 0 Å². The summed E-state index contributed by atoms with van der Waals surface area (Å²) in [5.41, 5.74) is 0.748. The largest absolute Gasteiger partial charge is 0.352 e. The first-order valence-electron chi connectivity index (χ1n) is 6.23. The summed E-state index contributed by atoms with van der Waals surface area (Å²) in [6.07, 6.45) is 0.938. The van der Waals surface area contributed by atoms with E-state index in [1.165, 1.54) is 0 Å². The van der Waals surface area contributed by atoms with E-state index in [2.05, 4.69) is 10.6 Å². The minimum atomic E-state index is 0. The molecule has 0 atom stereocenters. The van der Waals surface area contributed by atoms with Crippen LogP contribution in [0.1, 0.15) is 16.8 Å². The van der Waals surface area contributed by atoms with Crippen molar-refractivity contribution in [1.82, 2.24) is 10.6 Å². The Morgan fingerprint density at radius 1 is 1.05 bits per heavy atom. The van der Waals surface area contributed by atoms with Crippen molar-refractivity contribution in [2.45, 2.75) is 6.42 Å². The van der Waals surface area contributed by atoms with Gasteiger partial charge in [-0.25, -0.2) is 0 Å². The second-order valence-corrected chi connectivity index (χ2v) is 4.24. The number of benzene rings is 2. The Labute approximate surface area is 119 Å². The molecule has 0 aliphatic rings. The van der Waals surface area contributed by atoms with E-state index in [1.54, 1.807) is 0 Å². The lowest BCUT2D eigenvalue weighted by Gasteiger charge is -2.07. The molecule has 19 heavy (non-hydrogen) atoms. The molecule has 0 aromatic heterocycles. The lowest BCUT2D eigenvalue weighted by Crippen LogP contribution is -2.26. The number of fused-ring (bicyclic) bond motifs is 1. The first-order valence-corrected chi connectivity index (χ1v) is 6.23. The fraction of sp³-hybridized carbons (Fsp3) is 0.267. The maximum absolute atomic E-state index is 12.1.